The zero-order valence-corrected chi connectivity index (χ0v) is 13.5. The van der Waals surface area contributed by atoms with Crippen LogP contribution in [-0.2, 0) is 6.54 Å². The second-order valence-electron chi connectivity index (χ2n) is 5.81. The predicted molar refractivity (Wildman–Crippen MR) is 89.5 cm³/mol. The Bertz CT molecular complexity index is 711. The topological polar surface area (TPSA) is 79.8 Å². The van der Waals surface area contributed by atoms with Crippen molar-refractivity contribution in [2.45, 2.75) is 13.0 Å². The second-order valence-corrected chi connectivity index (χ2v) is 5.81. The first-order chi connectivity index (χ1) is 11.7. The number of rotatable bonds is 3. The first-order valence-electron chi connectivity index (χ1n) is 8.10. The summed E-state index contributed by atoms with van der Waals surface area (Å²) in [7, 11) is 0. The largest absolute Gasteiger partial charge is 0.467 e. The summed E-state index contributed by atoms with van der Waals surface area (Å²) < 4.78 is 5.24. The molecule has 2 amide bonds. The molecule has 126 valence electrons. The molecule has 1 aliphatic heterocycles. The van der Waals surface area contributed by atoms with E-state index in [0.717, 1.165) is 6.42 Å². The number of hydrogen-bond acceptors (Lipinski definition) is 4. The quantitative estimate of drug-likeness (QED) is 0.931. The van der Waals surface area contributed by atoms with E-state index in [1.165, 1.54) is 6.26 Å². The van der Waals surface area contributed by atoms with Crippen molar-refractivity contribution in [3.63, 3.8) is 0 Å². The molecule has 3 rings (SSSR count). The molecule has 6 nitrogen and oxygen atoms in total. The maximum absolute atomic E-state index is 12.5. The molecule has 2 aromatic rings. The number of nitrogens with two attached hydrogens (primary N) is 1. The van der Waals surface area contributed by atoms with Gasteiger partial charge in [0.25, 0.3) is 11.8 Å². The van der Waals surface area contributed by atoms with Crippen LogP contribution in [0.2, 0.25) is 0 Å². The van der Waals surface area contributed by atoms with Crippen LogP contribution in [-0.4, -0.2) is 47.8 Å². The highest BCUT2D eigenvalue weighted by molar-refractivity contribution is 5.95. The summed E-state index contributed by atoms with van der Waals surface area (Å²) in [4.78, 5) is 28.7. The van der Waals surface area contributed by atoms with Crippen LogP contribution >= 0.6 is 0 Å². The van der Waals surface area contributed by atoms with Gasteiger partial charge < -0.3 is 20.0 Å². The molecular weight excluding hydrogens is 306 g/mol. The number of benzene rings is 1. The molecule has 0 radical (unpaired) electrons. The smallest absolute Gasteiger partial charge is 0.257 e. The summed E-state index contributed by atoms with van der Waals surface area (Å²) in [6.07, 6.45) is 2.20. The van der Waals surface area contributed by atoms with Gasteiger partial charge in [-0.25, -0.2) is 0 Å². The number of furan rings is 1. The summed E-state index contributed by atoms with van der Waals surface area (Å²) in [6.45, 7) is 2.59. The fourth-order valence-corrected chi connectivity index (χ4v) is 2.87. The van der Waals surface area contributed by atoms with Crippen molar-refractivity contribution in [2.75, 3.05) is 26.2 Å². The zero-order chi connectivity index (χ0) is 16.9. The maximum atomic E-state index is 12.5. The van der Waals surface area contributed by atoms with Crippen molar-refractivity contribution in [1.29, 1.82) is 0 Å². The molecule has 1 saturated heterocycles. The molecule has 0 atom stereocenters. The lowest BCUT2D eigenvalue weighted by Gasteiger charge is -2.22. The molecule has 2 heterocycles. The molecule has 1 aliphatic rings. The molecule has 24 heavy (non-hydrogen) atoms. The van der Waals surface area contributed by atoms with Gasteiger partial charge in [-0.15, -0.1) is 0 Å². The molecule has 0 saturated carbocycles. The number of carbonyl (C=O) groups is 2. The molecule has 0 spiro atoms. The summed E-state index contributed by atoms with van der Waals surface area (Å²) >= 11 is 0. The van der Waals surface area contributed by atoms with Gasteiger partial charge in [-0.3, -0.25) is 9.59 Å². The lowest BCUT2D eigenvalue weighted by Crippen LogP contribution is -2.37. The van der Waals surface area contributed by atoms with Gasteiger partial charge in [-0.05, 0) is 24.6 Å². The summed E-state index contributed by atoms with van der Waals surface area (Å²) in [6, 6.07) is 10.9. The highest BCUT2D eigenvalue weighted by atomic mass is 16.3. The zero-order valence-electron chi connectivity index (χ0n) is 13.5. The summed E-state index contributed by atoms with van der Waals surface area (Å²) in [5.74, 6) is 0.528. The van der Waals surface area contributed by atoms with E-state index in [9.17, 15) is 9.59 Å². The van der Waals surface area contributed by atoms with Gasteiger partial charge in [0.05, 0.1) is 12.1 Å². The van der Waals surface area contributed by atoms with Crippen molar-refractivity contribution in [1.82, 2.24) is 9.80 Å². The maximum Gasteiger partial charge on any atom is 0.257 e. The molecular formula is C18H21N3O3. The van der Waals surface area contributed by atoms with Crippen molar-refractivity contribution >= 4 is 11.8 Å². The van der Waals surface area contributed by atoms with Gasteiger partial charge in [-0.1, -0.05) is 18.2 Å². The van der Waals surface area contributed by atoms with Crippen LogP contribution in [0.4, 0.5) is 0 Å². The van der Waals surface area contributed by atoms with Crippen LogP contribution in [0.3, 0.4) is 0 Å². The van der Waals surface area contributed by atoms with Gasteiger partial charge >= 0.3 is 0 Å². The molecule has 1 fully saturated rings. The minimum atomic E-state index is -0.0764. The van der Waals surface area contributed by atoms with Gasteiger partial charge in [0.15, 0.2) is 0 Å². The first-order valence-corrected chi connectivity index (χ1v) is 8.10. The Morgan fingerprint density at radius 2 is 1.58 bits per heavy atom. The van der Waals surface area contributed by atoms with Gasteiger partial charge in [0, 0.05) is 31.7 Å². The normalized spacial score (nSPS) is 15.2. The van der Waals surface area contributed by atoms with Crippen molar-refractivity contribution in [3.05, 3.63) is 59.5 Å². The van der Waals surface area contributed by atoms with E-state index < -0.39 is 0 Å². The van der Waals surface area contributed by atoms with E-state index >= 15 is 0 Å². The average molecular weight is 327 g/mol. The molecule has 1 aromatic heterocycles. The fraction of sp³-hybridized carbons (Fsp3) is 0.333. The minimum absolute atomic E-state index is 0.0126. The standard InChI is InChI=1S/C18H21N3O3/c19-12-16-11-15(13-24-16)18(23)21-8-4-7-20(9-10-21)17(22)14-5-2-1-3-6-14/h1-3,5-6,11,13H,4,7-10,12,19H2. The van der Waals surface area contributed by atoms with Crippen LogP contribution in [0.15, 0.2) is 47.1 Å². The van der Waals surface area contributed by atoms with E-state index in [0.29, 0.717) is 43.1 Å². The van der Waals surface area contributed by atoms with Crippen LogP contribution < -0.4 is 5.73 Å². The SMILES string of the molecule is NCc1cc(C(=O)N2CCCN(C(=O)c3ccccc3)CC2)co1. The lowest BCUT2D eigenvalue weighted by molar-refractivity contribution is 0.0718. The van der Waals surface area contributed by atoms with E-state index in [-0.39, 0.29) is 18.4 Å². The van der Waals surface area contributed by atoms with Crippen LogP contribution in [0, 0.1) is 0 Å². The Kier molecular flexibility index (Phi) is 4.96. The monoisotopic (exact) mass is 327 g/mol. The highest BCUT2D eigenvalue weighted by Crippen LogP contribution is 2.14. The van der Waals surface area contributed by atoms with Crippen LogP contribution in [0.1, 0.15) is 32.9 Å². The fourth-order valence-electron chi connectivity index (χ4n) is 2.87. The Hall–Kier alpha value is -2.60. The van der Waals surface area contributed by atoms with Gasteiger partial charge in [0.1, 0.15) is 12.0 Å². The third kappa shape index (κ3) is 3.49. The number of hydrogen-bond donors (Lipinski definition) is 1. The van der Waals surface area contributed by atoms with E-state index in [2.05, 4.69) is 0 Å². The Balaban J connectivity index is 1.64. The summed E-state index contributed by atoms with van der Waals surface area (Å²) in [5, 5.41) is 0. The van der Waals surface area contributed by atoms with Gasteiger partial charge in [-0.2, -0.15) is 0 Å². The first kappa shape index (κ1) is 16.3. The Labute approximate surface area is 140 Å². The number of carbonyl (C=O) groups excluding carboxylic acids is 2. The molecule has 1 aromatic carbocycles. The highest BCUT2D eigenvalue weighted by Gasteiger charge is 2.24. The molecule has 6 heteroatoms. The Morgan fingerprint density at radius 3 is 2.17 bits per heavy atom. The van der Waals surface area contributed by atoms with Crippen molar-refractivity contribution in [2.24, 2.45) is 5.73 Å². The predicted octanol–water partition coefficient (Wildman–Crippen LogP) is 1.73. The average Bonchev–Trinajstić information content (AvgIpc) is 2.98. The minimum Gasteiger partial charge on any atom is -0.467 e. The Morgan fingerprint density at radius 1 is 0.958 bits per heavy atom. The molecule has 0 bridgehead atoms. The third-order valence-electron chi connectivity index (χ3n) is 4.19. The molecule has 0 unspecified atom stereocenters. The van der Waals surface area contributed by atoms with Crippen LogP contribution in [0.5, 0.6) is 0 Å². The number of nitrogens with zero attached hydrogens (tertiary/aromatic N) is 2. The third-order valence-corrected chi connectivity index (χ3v) is 4.19. The van der Waals surface area contributed by atoms with Crippen LogP contribution in [0.25, 0.3) is 0 Å². The summed E-state index contributed by atoms with van der Waals surface area (Å²) in [5.41, 5.74) is 6.70. The molecule has 2 N–H and O–H groups in total. The molecule has 0 aliphatic carbocycles. The van der Waals surface area contributed by atoms with E-state index in [1.807, 2.05) is 35.2 Å². The van der Waals surface area contributed by atoms with E-state index in [1.54, 1.807) is 11.0 Å². The van der Waals surface area contributed by atoms with E-state index in [4.69, 9.17) is 10.2 Å². The van der Waals surface area contributed by atoms with Crippen molar-refractivity contribution < 1.29 is 14.0 Å². The van der Waals surface area contributed by atoms with Gasteiger partial charge in [0.2, 0.25) is 0 Å². The number of amides is 2. The van der Waals surface area contributed by atoms with Crippen molar-refractivity contribution in [3.8, 4) is 0 Å². The lowest BCUT2D eigenvalue weighted by atomic mass is 10.2. The second kappa shape index (κ2) is 7.31.